The molecule has 0 aromatic carbocycles. The van der Waals surface area contributed by atoms with Crippen LogP contribution in [-0.2, 0) is 9.53 Å². The molecule has 3 amide bonds. The number of carbonyl (C=O) groups excluding carboxylic acids is 2. The van der Waals surface area contributed by atoms with Crippen LogP contribution in [0.25, 0.3) is 0 Å². The van der Waals surface area contributed by atoms with Crippen molar-refractivity contribution in [3.8, 4) is 0 Å². The van der Waals surface area contributed by atoms with E-state index >= 15 is 0 Å². The zero-order chi connectivity index (χ0) is 19.2. The van der Waals surface area contributed by atoms with Crippen LogP contribution in [0.5, 0.6) is 0 Å². The van der Waals surface area contributed by atoms with Crippen molar-refractivity contribution < 1.29 is 14.3 Å². The number of nitrogens with zero attached hydrogens (tertiary/aromatic N) is 2. The van der Waals surface area contributed by atoms with E-state index in [1.165, 1.54) is 4.90 Å². The Morgan fingerprint density at radius 1 is 1.37 bits per heavy atom. The number of guanidine groups is 1. The minimum absolute atomic E-state index is 0. The molecule has 156 valence electrons. The predicted molar refractivity (Wildman–Crippen MR) is 116 cm³/mol. The summed E-state index contributed by atoms with van der Waals surface area (Å²) in [5, 5.41) is 9.21. The van der Waals surface area contributed by atoms with Gasteiger partial charge in [0.05, 0.1) is 25.7 Å². The Kier molecular flexibility index (Phi) is 9.78. The van der Waals surface area contributed by atoms with Gasteiger partial charge in [0.25, 0.3) is 0 Å². The van der Waals surface area contributed by atoms with Gasteiger partial charge >= 0.3 is 6.03 Å². The van der Waals surface area contributed by atoms with Gasteiger partial charge in [-0.15, -0.1) is 24.0 Å². The van der Waals surface area contributed by atoms with Crippen LogP contribution in [0.3, 0.4) is 0 Å². The molecular weight excluding hydrogens is 461 g/mol. The summed E-state index contributed by atoms with van der Waals surface area (Å²) in [6, 6.07) is -0.0565. The lowest BCUT2D eigenvalue weighted by Gasteiger charge is -2.52. The number of carbonyl (C=O) groups is 2. The van der Waals surface area contributed by atoms with Crippen molar-refractivity contribution in [2.24, 2.45) is 10.4 Å². The van der Waals surface area contributed by atoms with Crippen molar-refractivity contribution in [1.82, 2.24) is 20.9 Å². The fourth-order valence-electron chi connectivity index (χ4n) is 3.21. The molecule has 3 N–H and O–H groups in total. The number of rotatable bonds is 9. The minimum atomic E-state index is -0.338. The SMILES string of the molecule is CCCCOC1CC(NC(=NCCN2C(=O)CNC2=O)NCC)C1(C)C.I. The van der Waals surface area contributed by atoms with Crippen LogP contribution in [0.15, 0.2) is 4.99 Å². The first kappa shape index (κ1) is 23.9. The second-order valence-electron chi connectivity index (χ2n) is 7.43. The average Bonchev–Trinajstić information content (AvgIpc) is 2.92. The van der Waals surface area contributed by atoms with Crippen LogP contribution in [0.1, 0.15) is 47.0 Å². The van der Waals surface area contributed by atoms with E-state index in [1.54, 1.807) is 0 Å². The minimum Gasteiger partial charge on any atom is -0.378 e. The van der Waals surface area contributed by atoms with Crippen molar-refractivity contribution in [3.63, 3.8) is 0 Å². The monoisotopic (exact) mass is 495 g/mol. The summed E-state index contributed by atoms with van der Waals surface area (Å²) < 4.78 is 5.99. The van der Waals surface area contributed by atoms with E-state index in [0.717, 1.165) is 32.4 Å². The fourth-order valence-corrected chi connectivity index (χ4v) is 3.21. The molecule has 27 heavy (non-hydrogen) atoms. The van der Waals surface area contributed by atoms with Crippen molar-refractivity contribution >= 4 is 41.9 Å². The highest BCUT2D eigenvalue weighted by Crippen LogP contribution is 2.42. The van der Waals surface area contributed by atoms with Crippen molar-refractivity contribution in [3.05, 3.63) is 0 Å². The lowest BCUT2D eigenvalue weighted by molar-refractivity contribution is -0.124. The number of unbranched alkanes of at least 4 members (excludes halogenated alkanes) is 1. The van der Waals surface area contributed by atoms with Gasteiger partial charge in [-0.25, -0.2) is 4.79 Å². The fraction of sp³-hybridized carbons (Fsp3) is 0.833. The van der Waals surface area contributed by atoms with Gasteiger partial charge in [0.1, 0.15) is 0 Å². The van der Waals surface area contributed by atoms with E-state index in [1.807, 2.05) is 6.92 Å². The quantitative estimate of drug-likeness (QED) is 0.149. The van der Waals surface area contributed by atoms with E-state index < -0.39 is 0 Å². The van der Waals surface area contributed by atoms with Crippen molar-refractivity contribution in [2.45, 2.75) is 59.1 Å². The average molecular weight is 495 g/mol. The van der Waals surface area contributed by atoms with Gasteiger partial charge in [-0.05, 0) is 19.8 Å². The number of hydrogen-bond donors (Lipinski definition) is 3. The number of hydrogen-bond acceptors (Lipinski definition) is 4. The van der Waals surface area contributed by atoms with Crippen LogP contribution >= 0.6 is 24.0 Å². The molecule has 2 fully saturated rings. The molecule has 2 atom stereocenters. The lowest BCUT2D eigenvalue weighted by atomic mass is 9.64. The second kappa shape index (κ2) is 11.0. The van der Waals surface area contributed by atoms with Crippen LogP contribution in [0.2, 0.25) is 0 Å². The van der Waals surface area contributed by atoms with Gasteiger partial charge < -0.3 is 20.7 Å². The molecule has 2 aliphatic rings. The standard InChI is InChI=1S/C18H33N5O3.HI/c1-5-7-10-26-14-11-13(18(14,3)4)22-16(19-6-2)20-8-9-23-15(24)12-21-17(23)25;/h13-14H,5-12H2,1-4H3,(H,21,25)(H2,19,20,22);1H. The lowest BCUT2D eigenvalue weighted by Crippen LogP contribution is -2.63. The first-order valence-corrected chi connectivity index (χ1v) is 9.64. The Balaban J connectivity index is 0.00000364. The predicted octanol–water partition coefficient (Wildman–Crippen LogP) is 1.70. The number of urea groups is 1. The van der Waals surface area contributed by atoms with Crippen molar-refractivity contribution in [1.29, 1.82) is 0 Å². The molecule has 1 saturated heterocycles. The molecule has 2 rings (SSSR count). The van der Waals surface area contributed by atoms with Gasteiger partial charge in [-0.1, -0.05) is 27.2 Å². The summed E-state index contributed by atoms with van der Waals surface area (Å²) in [6.07, 6.45) is 3.45. The molecule has 1 saturated carbocycles. The molecule has 8 nitrogen and oxygen atoms in total. The van der Waals surface area contributed by atoms with Gasteiger partial charge in [0, 0.05) is 24.6 Å². The summed E-state index contributed by atoms with van der Waals surface area (Å²) in [6.45, 7) is 10.9. The highest BCUT2D eigenvalue weighted by atomic mass is 127. The molecule has 2 unspecified atom stereocenters. The maximum Gasteiger partial charge on any atom is 0.324 e. The third kappa shape index (κ3) is 6.20. The molecule has 0 aromatic rings. The number of aliphatic imine (C=N–C) groups is 1. The smallest absolute Gasteiger partial charge is 0.324 e. The van der Waals surface area contributed by atoms with Crippen LogP contribution in [0, 0.1) is 5.41 Å². The maximum atomic E-state index is 11.6. The topological polar surface area (TPSA) is 95.1 Å². The Labute approximate surface area is 179 Å². The molecule has 9 heteroatoms. The number of nitrogens with one attached hydrogen (secondary N) is 3. The van der Waals surface area contributed by atoms with Gasteiger partial charge in [-0.3, -0.25) is 14.7 Å². The number of halogens is 1. The van der Waals surface area contributed by atoms with Crippen LogP contribution < -0.4 is 16.0 Å². The molecule has 1 aliphatic heterocycles. The maximum absolute atomic E-state index is 11.6. The zero-order valence-corrected chi connectivity index (χ0v) is 19.2. The van der Waals surface area contributed by atoms with Gasteiger partial charge in [-0.2, -0.15) is 0 Å². The Morgan fingerprint density at radius 2 is 2.11 bits per heavy atom. The molecule has 0 spiro atoms. The summed E-state index contributed by atoms with van der Waals surface area (Å²) in [5.41, 5.74) is 0.0364. The second-order valence-corrected chi connectivity index (χ2v) is 7.43. The largest absolute Gasteiger partial charge is 0.378 e. The molecule has 1 aliphatic carbocycles. The third-order valence-corrected chi connectivity index (χ3v) is 5.18. The summed E-state index contributed by atoms with van der Waals surface area (Å²) in [4.78, 5) is 28.9. The first-order chi connectivity index (χ1) is 12.4. The van der Waals surface area contributed by atoms with E-state index in [-0.39, 0.29) is 66.6 Å². The molecule has 0 bridgehead atoms. The molecular formula is C18H34IN5O3. The number of imide groups is 1. The van der Waals surface area contributed by atoms with Gasteiger partial charge in [0.2, 0.25) is 5.91 Å². The van der Waals surface area contributed by atoms with Gasteiger partial charge in [0.15, 0.2) is 5.96 Å². The zero-order valence-electron chi connectivity index (χ0n) is 16.8. The third-order valence-electron chi connectivity index (χ3n) is 5.18. The molecule has 0 aromatic heterocycles. The Bertz CT molecular complexity index is 525. The number of ether oxygens (including phenoxy) is 1. The van der Waals surface area contributed by atoms with E-state index in [0.29, 0.717) is 12.5 Å². The highest BCUT2D eigenvalue weighted by molar-refractivity contribution is 14.0. The summed E-state index contributed by atoms with van der Waals surface area (Å²) in [5.74, 6) is 0.514. The van der Waals surface area contributed by atoms with Crippen LogP contribution in [0.4, 0.5) is 4.79 Å². The number of amides is 3. The summed E-state index contributed by atoms with van der Waals surface area (Å²) in [7, 11) is 0. The van der Waals surface area contributed by atoms with E-state index in [9.17, 15) is 9.59 Å². The van der Waals surface area contributed by atoms with E-state index in [2.05, 4.69) is 41.7 Å². The molecule has 0 radical (unpaired) electrons. The Hall–Kier alpha value is -1.10. The van der Waals surface area contributed by atoms with Crippen molar-refractivity contribution in [2.75, 3.05) is 32.8 Å². The Morgan fingerprint density at radius 3 is 2.67 bits per heavy atom. The highest BCUT2D eigenvalue weighted by Gasteiger charge is 2.49. The first-order valence-electron chi connectivity index (χ1n) is 9.64. The van der Waals surface area contributed by atoms with Crippen LogP contribution in [-0.4, -0.2) is 67.7 Å². The molecule has 1 heterocycles. The normalized spacial score (nSPS) is 24.1. The van der Waals surface area contributed by atoms with E-state index in [4.69, 9.17) is 4.74 Å². The summed E-state index contributed by atoms with van der Waals surface area (Å²) >= 11 is 0.